The molecular formula is C23H22N2O5S. The van der Waals surface area contributed by atoms with E-state index in [0.29, 0.717) is 29.4 Å². The zero-order chi connectivity index (χ0) is 21.8. The van der Waals surface area contributed by atoms with Crippen molar-refractivity contribution in [1.29, 1.82) is 0 Å². The van der Waals surface area contributed by atoms with E-state index in [0.717, 1.165) is 0 Å². The minimum atomic E-state index is -3.67. The second-order valence-corrected chi connectivity index (χ2v) is 9.01. The number of carbonyl (C=O) groups excluding carboxylic acids is 1. The Balaban J connectivity index is 1.37. The number of nitrogens with zero attached hydrogens (tertiary/aromatic N) is 1. The number of amides is 1. The van der Waals surface area contributed by atoms with E-state index >= 15 is 0 Å². The Labute approximate surface area is 181 Å². The van der Waals surface area contributed by atoms with Gasteiger partial charge in [0.15, 0.2) is 11.5 Å². The molecule has 3 aromatic rings. The zero-order valence-corrected chi connectivity index (χ0v) is 17.7. The molecule has 0 spiro atoms. The maximum Gasteiger partial charge on any atom is 0.264 e. The van der Waals surface area contributed by atoms with Crippen LogP contribution in [0.25, 0.3) is 0 Å². The van der Waals surface area contributed by atoms with Crippen molar-refractivity contribution in [2.24, 2.45) is 0 Å². The Morgan fingerprint density at radius 2 is 1.61 bits per heavy atom. The quantitative estimate of drug-likeness (QED) is 0.639. The Bertz CT molecular complexity index is 1160. The summed E-state index contributed by atoms with van der Waals surface area (Å²) in [5.74, 6) is 1.07. The van der Waals surface area contributed by atoms with E-state index in [2.05, 4.69) is 5.32 Å². The number of ether oxygens (including phenoxy) is 2. The first-order chi connectivity index (χ1) is 14.9. The van der Waals surface area contributed by atoms with Crippen LogP contribution in [0, 0.1) is 0 Å². The number of carbonyl (C=O) groups is 1. The van der Waals surface area contributed by atoms with Crippen molar-refractivity contribution in [3.05, 3.63) is 84.4 Å². The van der Waals surface area contributed by atoms with Crippen LogP contribution in [0.2, 0.25) is 0 Å². The number of nitrogens with one attached hydrogen (secondary N) is 1. The SMILES string of the molecule is CN(c1ccc(C(=O)NCC2COc3ccccc3O2)cc1)S(=O)(=O)c1ccccc1. The van der Waals surface area contributed by atoms with Gasteiger partial charge in [0, 0.05) is 12.6 Å². The normalized spacial score (nSPS) is 15.2. The monoisotopic (exact) mass is 438 g/mol. The molecule has 0 radical (unpaired) electrons. The Kier molecular flexibility index (Phi) is 5.81. The summed E-state index contributed by atoms with van der Waals surface area (Å²) >= 11 is 0. The summed E-state index contributed by atoms with van der Waals surface area (Å²) in [6.45, 7) is 0.635. The fourth-order valence-electron chi connectivity index (χ4n) is 3.18. The van der Waals surface area contributed by atoms with Gasteiger partial charge in [0.1, 0.15) is 12.7 Å². The number of hydrogen-bond donors (Lipinski definition) is 1. The highest BCUT2D eigenvalue weighted by molar-refractivity contribution is 7.92. The lowest BCUT2D eigenvalue weighted by atomic mass is 10.2. The number of rotatable bonds is 6. The standard InChI is InChI=1S/C23H22N2O5S/c1-25(31(27,28)20-7-3-2-4-8-20)18-13-11-17(12-14-18)23(26)24-15-19-16-29-21-9-5-6-10-22(21)30-19/h2-14,19H,15-16H2,1H3,(H,24,26). The Morgan fingerprint density at radius 3 is 2.32 bits per heavy atom. The first-order valence-electron chi connectivity index (χ1n) is 9.76. The van der Waals surface area contributed by atoms with Crippen molar-refractivity contribution in [3.63, 3.8) is 0 Å². The van der Waals surface area contributed by atoms with Gasteiger partial charge >= 0.3 is 0 Å². The molecular weight excluding hydrogens is 416 g/mol. The van der Waals surface area contributed by atoms with Gasteiger partial charge < -0.3 is 14.8 Å². The number of benzene rings is 3. The van der Waals surface area contributed by atoms with Gasteiger partial charge in [-0.25, -0.2) is 8.42 Å². The second kappa shape index (κ2) is 8.69. The minimum absolute atomic E-state index is 0.204. The molecule has 4 rings (SSSR count). The average Bonchev–Trinajstić information content (AvgIpc) is 2.82. The van der Waals surface area contributed by atoms with Crippen LogP contribution in [0.1, 0.15) is 10.4 Å². The molecule has 1 atom stereocenters. The predicted molar refractivity (Wildman–Crippen MR) is 117 cm³/mol. The number of sulfonamides is 1. The van der Waals surface area contributed by atoms with Gasteiger partial charge in [0.2, 0.25) is 0 Å². The van der Waals surface area contributed by atoms with Gasteiger partial charge in [-0.05, 0) is 48.5 Å². The number of fused-ring (bicyclic) bond motifs is 1. The molecule has 1 unspecified atom stereocenters. The molecule has 0 aromatic heterocycles. The summed E-state index contributed by atoms with van der Waals surface area (Å²) in [7, 11) is -2.19. The molecule has 3 aromatic carbocycles. The van der Waals surface area contributed by atoms with Gasteiger partial charge in [-0.3, -0.25) is 9.10 Å². The van der Waals surface area contributed by atoms with Crippen molar-refractivity contribution in [3.8, 4) is 11.5 Å². The van der Waals surface area contributed by atoms with Crippen LogP contribution in [0.3, 0.4) is 0 Å². The van der Waals surface area contributed by atoms with E-state index < -0.39 is 10.0 Å². The van der Waals surface area contributed by atoms with Crippen LogP contribution >= 0.6 is 0 Å². The topological polar surface area (TPSA) is 84.9 Å². The molecule has 0 fully saturated rings. The van der Waals surface area contributed by atoms with Crippen molar-refractivity contribution >= 4 is 21.6 Å². The van der Waals surface area contributed by atoms with E-state index in [9.17, 15) is 13.2 Å². The molecule has 7 nitrogen and oxygen atoms in total. The van der Waals surface area contributed by atoms with E-state index in [1.165, 1.54) is 11.4 Å². The third kappa shape index (κ3) is 4.49. The highest BCUT2D eigenvalue weighted by Crippen LogP contribution is 2.30. The zero-order valence-electron chi connectivity index (χ0n) is 16.9. The summed E-state index contributed by atoms with van der Waals surface area (Å²) in [6, 6.07) is 22.0. The lowest BCUT2D eigenvalue weighted by molar-refractivity contribution is 0.0789. The highest BCUT2D eigenvalue weighted by atomic mass is 32.2. The van der Waals surface area contributed by atoms with Crippen molar-refractivity contribution in [2.45, 2.75) is 11.0 Å². The Hall–Kier alpha value is -3.52. The molecule has 160 valence electrons. The first kappa shape index (κ1) is 20.7. The molecule has 1 N–H and O–H groups in total. The lowest BCUT2D eigenvalue weighted by Crippen LogP contribution is -2.40. The lowest BCUT2D eigenvalue weighted by Gasteiger charge is -2.26. The van der Waals surface area contributed by atoms with E-state index in [4.69, 9.17) is 9.47 Å². The van der Waals surface area contributed by atoms with Gasteiger partial charge in [0.25, 0.3) is 15.9 Å². The molecule has 0 saturated carbocycles. The second-order valence-electron chi connectivity index (χ2n) is 7.04. The average molecular weight is 439 g/mol. The van der Waals surface area contributed by atoms with E-state index in [-0.39, 0.29) is 23.5 Å². The van der Waals surface area contributed by atoms with Crippen molar-refractivity contribution in [1.82, 2.24) is 5.32 Å². The molecule has 8 heteroatoms. The molecule has 1 heterocycles. The van der Waals surface area contributed by atoms with Gasteiger partial charge in [-0.2, -0.15) is 0 Å². The molecule has 1 amide bonds. The van der Waals surface area contributed by atoms with Gasteiger partial charge in [-0.1, -0.05) is 30.3 Å². The van der Waals surface area contributed by atoms with Crippen LogP contribution in [-0.2, 0) is 10.0 Å². The predicted octanol–water partition coefficient (Wildman–Crippen LogP) is 3.08. The van der Waals surface area contributed by atoms with Crippen LogP contribution in [0.15, 0.2) is 83.8 Å². The molecule has 0 bridgehead atoms. The number of para-hydroxylation sites is 2. The molecule has 1 aliphatic heterocycles. The van der Waals surface area contributed by atoms with E-state index in [1.54, 1.807) is 54.6 Å². The minimum Gasteiger partial charge on any atom is -0.486 e. The summed E-state index contributed by atoms with van der Waals surface area (Å²) in [5, 5.41) is 2.83. The summed E-state index contributed by atoms with van der Waals surface area (Å²) < 4.78 is 38.1. The Morgan fingerprint density at radius 1 is 0.968 bits per heavy atom. The van der Waals surface area contributed by atoms with E-state index in [1.807, 2.05) is 24.3 Å². The fraction of sp³-hybridized carbons (Fsp3) is 0.174. The highest BCUT2D eigenvalue weighted by Gasteiger charge is 2.23. The largest absolute Gasteiger partial charge is 0.486 e. The van der Waals surface area contributed by atoms with Crippen LogP contribution in [0.4, 0.5) is 5.69 Å². The molecule has 0 aliphatic carbocycles. The van der Waals surface area contributed by atoms with Crippen LogP contribution < -0.4 is 19.1 Å². The number of hydrogen-bond acceptors (Lipinski definition) is 5. The third-order valence-corrected chi connectivity index (χ3v) is 6.75. The van der Waals surface area contributed by atoms with Crippen LogP contribution in [-0.4, -0.2) is 40.6 Å². The molecule has 0 saturated heterocycles. The first-order valence-corrected chi connectivity index (χ1v) is 11.2. The van der Waals surface area contributed by atoms with Crippen molar-refractivity contribution in [2.75, 3.05) is 24.5 Å². The molecule has 31 heavy (non-hydrogen) atoms. The van der Waals surface area contributed by atoms with Crippen LogP contribution in [0.5, 0.6) is 11.5 Å². The summed E-state index contributed by atoms with van der Waals surface area (Å²) in [4.78, 5) is 12.7. The maximum atomic E-state index is 12.7. The van der Waals surface area contributed by atoms with Crippen molar-refractivity contribution < 1.29 is 22.7 Å². The fourth-order valence-corrected chi connectivity index (χ4v) is 4.40. The third-order valence-electron chi connectivity index (χ3n) is 4.95. The smallest absolute Gasteiger partial charge is 0.264 e. The number of anilines is 1. The maximum absolute atomic E-state index is 12.7. The molecule has 1 aliphatic rings. The summed E-state index contributed by atoms with van der Waals surface area (Å²) in [5.41, 5.74) is 0.882. The summed E-state index contributed by atoms with van der Waals surface area (Å²) in [6.07, 6.45) is -0.291. The van der Waals surface area contributed by atoms with Gasteiger partial charge in [-0.15, -0.1) is 0 Å². The van der Waals surface area contributed by atoms with Gasteiger partial charge in [0.05, 0.1) is 17.1 Å².